The number of fused-ring (bicyclic) bond motifs is 1. The van der Waals surface area contributed by atoms with Gasteiger partial charge >= 0.3 is 0 Å². The van der Waals surface area contributed by atoms with Crippen LogP contribution in [0.25, 0.3) is 11.0 Å². The van der Waals surface area contributed by atoms with Gasteiger partial charge in [-0.2, -0.15) is 0 Å². The van der Waals surface area contributed by atoms with Crippen LogP contribution < -0.4 is 5.43 Å². The molecule has 0 bridgehead atoms. The minimum absolute atomic E-state index is 0.0909. The van der Waals surface area contributed by atoms with Crippen LogP contribution in [0.5, 0.6) is 0 Å². The molecule has 2 nitrogen and oxygen atoms in total. The summed E-state index contributed by atoms with van der Waals surface area (Å²) in [5.74, 6) is 0.590. The van der Waals surface area contributed by atoms with Gasteiger partial charge in [-0.3, -0.25) is 4.79 Å². The third-order valence-electron chi connectivity index (χ3n) is 2.80. The quantitative estimate of drug-likeness (QED) is 0.851. The van der Waals surface area contributed by atoms with E-state index < -0.39 is 0 Å². The van der Waals surface area contributed by atoms with Gasteiger partial charge in [0, 0.05) is 10.0 Å². The van der Waals surface area contributed by atoms with Crippen LogP contribution in [0.15, 0.2) is 38.1 Å². The van der Waals surface area contributed by atoms with Crippen molar-refractivity contribution in [3.63, 3.8) is 0 Å². The predicted octanol–water partition coefficient (Wildman–Crippen LogP) is 4.14. The van der Waals surface area contributed by atoms with Gasteiger partial charge in [0.15, 0.2) is 5.43 Å². The van der Waals surface area contributed by atoms with E-state index >= 15 is 0 Å². The van der Waals surface area contributed by atoms with Gasteiger partial charge in [0.1, 0.15) is 5.58 Å². The van der Waals surface area contributed by atoms with Gasteiger partial charge in [-0.15, -0.1) is 0 Å². The lowest BCUT2D eigenvalue weighted by Crippen LogP contribution is -2.09. The normalized spacial score (nSPS) is 11.3. The molecule has 0 aliphatic rings. The molecular formula is C14H15BrO2. The average Bonchev–Trinajstić information content (AvgIpc) is 2.29. The summed E-state index contributed by atoms with van der Waals surface area (Å²) < 4.78 is 6.39. The van der Waals surface area contributed by atoms with Crippen molar-refractivity contribution in [3.05, 3.63) is 44.7 Å². The molecule has 0 unspecified atom stereocenters. The lowest BCUT2D eigenvalue weighted by Gasteiger charge is -2.05. The van der Waals surface area contributed by atoms with Gasteiger partial charge in [-0.25, -0.2) is 0 Å². The highest BCUT2D eigenvalue weighted by molar-refractivity contribution is 9.10. The van der Waals surface area contributed by atoms with Crippen molar-refractivity contribution in [2.75, 3.05) is 0 Å². The van der Waals surface area contributed by atoms with Gasteiger partial charge in [-0.05, 0) is 37.0 Å². The summed E-state index contributed by atoms with van der Waals surface area (Å²) in [5, 5.41) is 0.653. The number of hydrogen-bond acceptors (Lipinski definition) is 2. The minimum Gasteiger partial charge on any atom is -0.464 e. The first kappa shape index (κ1) is 12.4. The maximum Gasteiger partial charge on any atom is 0.195 e. The number of halogens is 1. The summed E-state index contributed by atoms with van der Waals surface area (Å²) in [5.41, 5.74) is 1.50. The second-order valence-corrected chi connectivity index (χ2v) is 5.58. The molecule has 0 spiro atoms. The van der Waals surface area contributed by atoms with E-state index in [4.69, 9.17) is 4.42 Å². The molecule has 17 heavy (non-hydrogen) atoms. The highest BCUT2D eigenvalue weighted by Gasteiger charge is 2.08. The molecule has 0 saturated carbocycles. The summed E-state index contributed by atoms with van der Waals surface area (Å²) in [6.45, 7) is 4.30. The first-order valence-corrected chi connectivity index (χ1v) is 6.57. The summed E-state index contributed by atoms with van der Waals surface area (Å²) in [4.78, 5) is 12.2. The molecule has 0 atom stereocenters. The third kappa shape index (κ3) is 2.78. The fourth-order valence-corrected chi connectivity index (χ4v) is 2.12. The molecule has 1 heterocycles. The molecule has 0 N–H and O–H groups in total. The van der Waals surface area contributed by atoms with Crippen molar-refractivity contribution in [1.29, 1.82) is 0 Å². The van der Waals surface area contributed by atoms with Crippen LogP contribution in [-0.4, -0.2) is 0 Å². The number of hydrogen-bond donors (Lipinski definition) is 0. The lowest BCUT2D eigenvalue weighted by molar-refractivity contribution is 0.559. The zero-order chi connectivity index (χ0) is 12.4. The first-order valence-electron chi connectivity index (χ1n) is 5.78. The van der Waals surface area contributed by atoms with Crippen LogP contribution in [0, 0.1) is 5.92 Å². The second kappa shape index (κ2) is 5.05. The Labute approximate surface area is 109 Å². The first-order chi connectivity index (χ1) is 8.08. The molecule has 1 aromatic carbocycles. The average molecular weight is 295 g/mol. The third-order valence-corrected chi connectivity index (χ3v) is 3.29. The lowest BCUT2D eigenvalue weighted by atomic mass is 10.0. The van der Waals surface area contributed by atoms with E-state index in [0.29, 0.717) is 16.9 Å². The van der Waals surface area contributed by atoms with Crippen molar-refractivity contribution in [2.45, 2.75) is 26.7 Å². The van der Waals surface area contributed by atoms with Crippen LogP contribution in [0.2, 0.25) is 0 Å². The van der Waals surface area contributed by atoms with Crippen molar-refractivity contribution in [1.82, 2.24) is 0 Å². The standard InChI is InChI=1S/C14H15BrO2/c1-9(2)3-4-10-8-17-13-6-5-11(15)7-12(13)14(10)16/h5-9H,3-4H2,1-2H3. The number of rotatable bonds is 3. The minimum atomic E-state index is 0.0909. The van der Waals surface area contributed by atoms with E-state index in [-0.39, 0.29) is 5.43 Å². The van der Waals surface area contributed by atoms with Gasteiger partial charge < -0.3 is 4.42 Å². The summed E-state index contributed by atoms with van der Waals surface area (Å²) in [6, 6.07) is 5.51. The Morgan fingerprint density at radius 3 is 2.82 bits per heavy atom. The Morgan fingerprint density at radius 1 is 1.35 bits per heavy atom. The molecule has 0 aliphatic heterocycles. The number of benzene rings is 1. The molecule has 90 valence electrons. The summed E-state index contributed by atoms with van der Waals surface area (Å²) >= 11 is 3.37. The molecule has 1 aromatic heterocycles. The van der Waals surface area contributed by atoms with Crippen molar-refractivity contribution < 1.29 is 4.42 Å². The monoisotopic (exact) mass is 294 g/mol. The van der Waals surface area contributed by atoms with Gasteiger partial charge in [0.2, 0.25) is 0 Å². The van der Waals surface area contributed by atoms with Crippen molar-refractivity contribution in [3.8, 4) is 0 Å². The Morgan fingerprint density at radius 2 is 2.12 bits per heavy atom. The van der Waals surface area contributed by atoms with E-state index in [0.717, 1.165) is 22.9 Å². The molecule has 2 aromatic rings. The Kier molecular flexibility index (Phi) is 3.67. The highest BCUT2D eigenvalue weighted by atomic mass is 79.9. The van der Waals surface area contributed by atoms with Crippen LogP contribution >= 0.6 is 15.9 Å². The van der Waals surface area contributed by atoms with Crippen LogP contribution in [-0.2, 0) is 6.42 Å². The fourth-order valence-electron chi connectivity index (χ4n) is 1.76. The highest BCUT2D eigenvalue weighted by Crippen LogP contribution is 2.18. The zero-order valence-electron chi connectivity index (χ0n) is 10.00. The zero-order valence-corrected chi connectivity index (χ0v) is 11.6. The summed E-state index contributed by atoms with van der Waals surface area (Å²) in [7, 11) is 0. The molecule has 0 amide bonds. The number of aryl methyl sites for hydroxylation is 1. The van der Waals surface area contributed by atoms with Crippen LogP contribution in [0.4, 0.5) is 0 Å². The second-order valence-electron chi connectivity index (χ2n) is 4.66. The predicted molar refractivity (Wildman–Crippen MR) is 73.3 cm³/mol. The van der Waals surface area contributed by atoms with Gasteiger partial charge in [-0.1, -0.05) is 29.8 Å². The SMILES string of the molecule is CC(C)CCc1coc2ccc(Br)cc2c1=O. The largest absolute Gasteiger partial charge is 0.464 e. The molecule has 3 heteroatoms. The van der Waals surface area contributed by atoms with E-state index in [2.05, 4.69) is 29.8 Å². The molecule has 0 radical (unpaired) electrons. The smallest absolute Gasteiger partial charge is 0.195 e. The maximum atomic E-state index is 12.2. The fraction of sp³-hybridized carbons (Fsp3) is 0.357. The van der Waals surface area contributed by atoms with Crippen molar-refractivity contribution >= 4 is 26.9 Å². The maximum absolute atomic E-state index is 12.2. The van der Waals surface area contributed by atoms with Gasteiger partial charge in [0.25, 0.3) is 0 Å². The molecular weight excluding hydrogens is 280 g/mol. The topological polar surface area (TPSA) is 30.2 Å². The summed E-state index contributed by atoms with van der Waals surface area (Å²) in [6.07, 6.45) is 3.38. The molecule has 0 aliphatic carbocycles. The van der Waals surface area contributed by atoms with Crippen molar-refractivity contribution in [2.24, 2.45) is 5.92 Å². The van der Waals surface area contributed by atoms with Crippen LogP contribution in [0.1, 0.15) is 25.8 Å². The van der Waals surface area contributed by atoms with E-state index in [1.807, 2.05) is 18.2 Å². The molecule has 2 rings (SSSR count). The Balaban J connectivity index is 2.46. The molecule has 0 saturated heterocycles. The Bertz CT molecular complexity index is 584. The Hall–Kier alpha value is -1.09. The van der Waals surface area contributed by atoms with Gasteiger partial charge in [0.05, 0.1) is 11.6 Å². The van der Waals surface area contributed by atoms with E-state index in [1.54, 1.807) is 6.26 Å². The van der Waals surface area contributed by atoms with Crippen LogP contribution in [0.3, 0.4) is 0 Å². The molecule has 0 fully saturated rings. The van der Waals surface area contributed by atoms with E-state index in [9.17, 15) is 4.79 Å². The van der Waals surface area contributed by atoms with E-state index in [1.165, 1.54) is 0 Å².